The highest BCUT2D eigenvalue weighted by Gasteiger charge is 2.17. The molecule has 0 aliphatic heterocycles. The maximum Gasteiger partial charge on any atom is 0.345 e. The van der Waals surface area contributed by atoms with Crippen LogP contribution in [0.4, 0.5) is 0 Å². The maximum atomic E-state index is 12.3. The molecule has 1 aliphatic carbocycles. The molecule has 2 aromatic rings. The SMILES string of the molecule is Cn1c(-c2cccnc2)nn(CCNC(=O)CC2CCCCC2)c1=O. The molecular formula is C18H25N5O2. The third kappa shape index (κ3) is 4.35. The summed E-state index contributed by atoms with van der Waals surface area (Å²) in [5.74, 6) is 1.17. The van der Waals surface area contributed by atoms with Crippen molar-refractivity contribution >= 4 is 5.91 Å². The van der Waals surface area contributed by atoms with Crippen molar-refractivity contribution in [3.8, 4) is 11.4 Å². The number of amides is 1. The monoisotopic (exact) mass is 343 g/mol. The highest BCUT2D eigenvalue weighted by Crippen LogP contribution is 2.25. The zero-order valence-corrected chi connectivity index (χ0v) is 14.6. The molecule has 7 heteroatoms. The maximum absolute atomic E-state index is 12.3. The lowest BCUT2D eigenvalue weighted by molar-refractivity contribution is -0.122. The van der Waals surface area contributed by atoms with Crippen LogP contribution in [0.2, 0.25) is 0 Å². The van der Waals surface area contributed by atoms with Gasteiger partial charge in [0, 0.05) is 38.0 Å². The zero-order chi connectivity index (χ0) is 17.6. The quantitative estimate of drug-likeness (QED) is 0.866. The third-order valence-electron chi connectivity index (χ3n) is 4.81. The molecule has 0 radical (unpaired) electrons. The van der Waals surface area contributed by atoms with Crippen LogP contribution in [0.1, 0.15) is 38.5 Å². The van der Waals surface area contributed by atoms with Gasteiger partial charge in [0.1, 0.15) is 0 Å². The molecule has 0 saturated heterocycles. The number of nitrogens with zero attached hydrogens (tertiary/aromatic N) is 4. The Labute approximate surface area is 147 Å². The fourth-order valence-corrected chi connectivity index (χ4v) is 3.41. The summed E-state index contributed by atoms with van der Waals surface area (Å²) >= 11 is 0. The Morgan fingerprint density at radius 2 is 2.12 bits per heavy atom. The largest absolute Gasteiger partial charge is 0.354 e. The molecule has 2 aromatic heterocycles. The van der Waals surface area contributed by atoms with Crippen LogP contribution in [0.5, 0.6) is 0 Å². The predicted molar refractivity (Wildman–Crippen MR) is 94.9 cm³/mol. The van der Waals surface area contributed by atoms with E-state index in [-0.39, 0.29) is 11.6 Å². The predicted octanol–water partition coefficient (Wildman–Crippen LogP) is 1.73. The first-order chi connectivity index (χ1) is 12.1. The van der Waals surface area contributed by atoms with E-state index in [9.17, 15) is 9.59 Å². The van der Waals surface area contributed by atoms with Gasteiger partial charge in [-0.15, -0.1) is 5.10 Å². The van der Waals surface area contributed by atoms with Gasteiger partial charge in [-0.25, -0.2) is 9.48 Å². The lowest BCUT2D eigenvalue weighted by Crippen LogP contribution is -2.32. The van der Waals surface area contributed by atoms with Crippen molar-refractivity contribution in [1.29, 1.82) is 0 Å². The Kier molecular flexibility index (Phi) is 5.63. The number of rotatable bonds is 6. The van der Waals surface area contributed by atoms with Crippen LogP contribution in [-0.2, 0) is 18.4 Å². The van der Waals surface area contributed by atoms with E-state index in [0.29, 0.717) is 31.3 Å². The Hall–Kier alpha value is -2.44. The van der Waals surface area contributed by atoms with Gasteiger partial charge >= 0.3 is 5.69 Å². The molecule has 0 spiro atoms. The molecule has 25 heavy (non-hydrogen) atoms. The fraction of sp³-hybridized carbons (Fsp3) is 0.556. The Morgan fingerprint density at radius 1 is 1.32 bits per heavy atom. The van der Waals surface area contributed by atoms with Crippen LogP contribution in [0.3, 0.4) is 0 Å². The second-order valence-corrected chi connectivity index (χ2v) is 6.69. The molecule has 134 valence electrons. The molecule has 0 atom stereocenters. The molecule has 1 N–H and O–H groups in total. The number of pyridine rings is 1. The Bertz CT molecular complexity index is 760. The molecular weight excluding hydrogens is 318 g/mol. The minimum absolute atomic E-state index is 0.0726. The normalized spacial score (nSPS) is 15.2. The van der Waals surface area contributed by atoms with E-state index in [1.165, 1.54) is 28.5 Å². The highest BCUT2D eigenvalue weighted by molar-refractivity contribution is 5.76. The van der Waals surface area contributed by atoms with E-state index in [4.69, 9.17) is 0 Å². The average molecular weight is 343 g/mol. The van der Waals surface area contributed by atoms with E-state index in [0.717, 1.165) is 18.4 Å². The van der Waals surface area contributed by atoms with Crippen LogP contribution < -0.4 is 11.0 Å². The summed E-state index contributed by atoms with van der Waals surface area (Å²) in [6.07, 6.45) is 10.0. The lowest BCUT2D eigenvalue weighted by Gasteiger charge is -2.20. The number of carbonyl (C=O) groups is 1. The number of hydrogen-bond donors (Lipinski definition) is 1. The third-order valence-corrected chi connectivity index (χ3v) is 4.81. The summed E-state index contributed by atoms with van der Waals surface area (Å²) < 4.78 is 2.89. The van der Waals surface area contributed by atoms with Gasteiger partial charge in [0.25, 0.3) is 0 Å². The van der Waals surface area contributed by atoms with Crippen molar-refractivity contribution in [3.63, 3.8) is 0 Å². The molecule has 1 saturated carbocycles. The minimum atomic E-state index is -0.194. The molecule has 1 aliphatic rings. The summed E-state index contributed by atoms with van der Waals surface area (Å²) in [5, 5.41) is 7.28. The van der Waals surface area contributed by atoms with Gasteiger partial charge in [0.05, 0.1) is 6.54 Å². The van der Waals surface area contributed by atoms with Crippen LogP contribution >= 0.6 is 0 Å². The molecule has 3 rings (SSSR count). The summed E-state index contributed by atoms with van der Waals surface area (Å²) in [6, 6.07) is 3.68. The molecule has 7 nitrogen and oxygen atoms in total. The molecule has 2 heterocycles. The van der Waals surface area contributed by atoms with Gasteiger partial charge in [0.2, 0.25) is 5.91 Å². The average Bonchev–Trinajstić information content (AvgIpc) is 2.92. The Morgan fingerprint density at radius 3 is 2.84 bits per heavy atom. The van der Waals surface area contributed by atoms with E-state index < -0.39 is 0 Å². The summed E-state index contributed by atoms with van der Waals surface area (Å²) in [4.78, 5) is 28.4. The van der Waals surface area contributed by atoms with E-state index in [1.54, 1.807) is 19.4 Å². The Balaban J connectivity index is 1.55. The first kappa shape index (κ1) is 17.4. The van der Waals surface area contributed by atoms with Gasteiger partial charge in [-0.2, -0.15) is 0 Å². The van der Waals surface area contributed by atoms with Crippen molar-refractivity contribution in [2.24, 2.45) is 13.0 Å². The molecule has 1 fully saturated rings. The summed E-state index contributed by atoms with van der Waals surface area (Å²) in [7, 11) is 1.69. The van der Waals surface area contributed by atoms with E-state index in [1.807, 2.05) is 12.1 Å². The van der Waals surface area contributed by atoms with Crippen molar-refractivity contribution in [2.45, 2.75) is 45.1 Å². The number of aromatic nitrogens is 4. The first-order valence-corrected chi connectivity index (χ1v) is 8.96. The van der Waals surface area contributed by atoms with Crippen molar-refractivity contribution in [2.75, 3.05) is 6.54 Å². The minimum Gasteiger partial charge on any atom is -0.354 e. The topological polar surface area (TPSA) is 81.8 Å². The number of carbonyl (C=O) groups excluding carboxylic acids is 1. The van der Waals surface area contributed by atoms with E-state index >= 15 is 0 Å². The smallest absolute Gasteiger partial charge is 0.345 e. The second-order valence-electron chi connectivity index (χ2n) is 6.69. The first-order valence-electron chi connectivity index (χ1n) is 8.96. The van der Waals surface area contributed by atoms with Gasteiger partial charge in [-0.1, -0.05) is 19.3 Å². The second kappa shape index (κ2) is 8.09. The van der Waals surface area contributed by atoms with Crippen LogP contribution in [-0.4, -0.2) is 31.8 Å². The summed E-state index contributed by atoms with van der Waals surface area (Å²) in [6.45, 7) is 0.776. The molecule has 0 bridgehead atoms. The number of nitrogens with one attached hydrogen (secondary N) is 1. The molecule has 1 amide bonds. The fourth-order valence-electron chi connectivity index (χ4n) is 3.41. The summed E-state index contributed by atoms with van der Waals surface area (Å²) in [5.41, 5.74) is 0.600. The van der Waals surface area contributed by atoms with Crippen molar-refractivity contribution < 1.29 is 4.79 Å². The zero-order valence-electron chi connectivity index (χ0n) is 14.6. The van der Waals surface area contributed by atoms with Crippen molar-refractivity contribution in [1.82, 2.24) is 24.6 Å². The van der Waals surface area contributed by atoms with Crippen molar-refractivity contribution in [3.05, 3.63) is 35.0 Å². The van der Waals surface area contributed by atoms with Crippen LogP contribution in [0, 0.1) is 5.92 Å². The lowest BCUT2D eigenvalue weighted by atomic mass is 9.87. The van der Waals surface area contributed by atoms with E-state index in [2.05, 4.69) is 15.4 Å². The van der Waals surface area contributed by atoms with Gasteiger partial charge < -0.3 is 5.32 Å². The van der Waals surface area contributed by atoms with Crippen LogP contribution in [0.15, 0.2) is 29.3 Å². The number of hydrogen-bond acceptors (Lipinski definition) is 4. The van der Waals surface area contributed by atoms with Crippen LogP contribution in [0.25, 0.3) is 11.4 Å². The van der Waals surface area contributed by atoms with Gasteiger partial charge in [-0.3, -0.25) is 14.3 Å². The molecule has 0 unspecified atom stereocenters. The molecule has 0 aromatic carbocycles. The van der Waals surface area contributed by atoms with Gasteiger partial charge in [0.15, 0.2) is 5.82 Å². The van der Waals surface area contributed by atoms with Gasteiger partial charge in [-0.05, 0) is 30.9 Å². The highest BCUT2D eigenvalue weighted by atomic mass is 16.2. The standard InChI is InChI=1S/C18H25N5O2/c1-22-17(15-8-5-9-19-13-15)21-23(18(22)25)11-10-20-16(24)12-14-6-3-2-4-7-14/h5,8-9,13-14H,2-4,6-7,10-12H2,1H3,(H,20,24).